The first-order valence-electron chi connectivity index (χ1n) is 5.55. The minimum absolute atomic E-state index is 0.266. The van der Waals surface area contributed by atoms with Crippen LogP contribution >= 0.6 is 11.3 Å². The third-order valence-electron chi connectivity index (χ3n) is 3.55. The van der Waals surface area contributed by atoms with Gasteiger partial charge in [-0.2, -0.15) is 4.99 Å². The zero-order chi connectivity index (χ0) is 11.9. The molecule has 0 aliphatic heterocycles. The molecule has 4 heteroatoms. The summed E-state index contributed by atoms with van der Waals surface area (Å²) in [6.07, 6.45) is 4.30. The molecule has 17 heavy (non-hydrogen) atoms. The summed E-state index contributed by atoms with van der Waals surface area (Å²) in [6.45, 7) is 0. The van der Waals surface area contributed by atoms with Gasteiger partial charge in [-0.05, 0) is 36.8 Å². The van der Waals surface area contributed by atoms with E-state index < -0.39 is 5.54 Å². The molecule has 1 aliphatic carbocycles. The van der Waals surface area contributed by atoms with Crippen molar-refractivity contribution in [2.75, 3.05) is 0 Å². The number of phenolic OH excluding ortho intramolecular Hbond substituents is 1. The van der Waals surface area contributed by atoms with Crippen molar-refractivity contribution in [3.63, 3.8) is 0 Å². The molecule has 0 radical (unpaired) electrons. The number of aromatic hydroxyl groups is 1. The van der Waals surface area contributed by atoms with Crippen LogP contribution in [0.15, 0.2) is 28.6 Å². The number of thiophene rings is 1. The lowest BCUT2D eigenvalue weighted by atomic mass is 9.72. The molecule has 0 spiro atoms. The molecule has 1 saturated carbocycles. The summed E-state index contributed by atoms with van der Waals surface area (Å²) < 4.78 is 1.05. The van der Waals surface area contributed by atoms with E-state index in [9.17, 15) is 9.90 Å². The average Bonchev–Trinajstić information content (AvgIpc) is 2.74. The van der Waals surface area contributed by atoms with E-state index in [0.717, 1.165) is 34.9 Å². The summed E-state index contributed by atoms with van der Waals surface area (Å²) in [5, 5.41) is 13.1. The van der Waals surface area contributed by atoms with Gasteiger partial charge in [0.2, 0.25) is 6.08 Å². The summed E-state index contributed by atoms with van der Waals surface area (Å²) in [7, 11) is 0. The molecule has 1 aliphatic rings. The summed E-state index contributed by atoms with van der Waals surface area (Å²) >= 11 is 1.59. The molecule has 1 aromatic heterocycles. The van der Waals surface area contributed by atoms with E-state index in [0.29, 0.717) is 0 Å². The lowest BCUT2D eigenvalue weighted by Gasteiger charge is -2.37. The third kappa shape index (κ3) is 1.42. The number of isocyanates is 1. The number of hydrogen-bond acceptors (Lipinski definition) is 4. The number of benzene rings is 1. The second kappa shape index (κ2) is 3.69. The molecule has 0 unspecified atom stereocenters. The Hall–Kier alpha value is -1.64. The van der Waals surface area contributed by atoms with Crippen LogP contribution in [0.4, 0.5) is 0 Å². The highest BCUT2D eigenvalue weighted by Gasteiger charge is 2.41. The van der Waals surface area contributed by atoms with Crippen LogP contribution in [0.3, 0.4) is 0 Å². The van der Waals surface area contributed by atoms with E-state index in [-0.39, 0.29) is 5.75 Å². The highest BCUT2D eigenvalue weighted by Crippen LogP contribution is 2.49. The van der Waals surface area contributed by atoms with Gasteiger partial charge in [0.15, 0.2) is 0 Å². The summed E-state index contributed by atoms with van der Waals surface area (Å²) in [4.78, 5) is 14.5. The van der Waals surface area contributed by atoms with Crippen LogP contribution in [0.1, 0.15) is 24.8 Å². The Kier molecular flexibility index (Phi) is 2.28. The van der Waals surface area contributed by atoms with E-state index in [1.165, 1.54) is 0 Å². The van der Waals surface area contributed by atoms with Crippen molar-refractivity contribution in [3.05, 3.63) is 29.1 Å². The predicted octanol–water partition coefficient (Wildman–Crippen LogP) is 3.32. The predicted molar refractivity (Wildman–Crippen MR) is 67.1 cm³/mol. The van der Waals surface area contributed by atoms with E-state index >= 15 is 0 Å². The van der Waals surface area contributed by atoms with Gasteiger partial charge in [0.05, 0.1) is 0 Å². The average molecular weight is 245 g/mol. The van der Waals surface area contributed by atoms with Gasteiger partial charge >= 0.3 is 0 Å². The lowest BCUT2D eigenvalue weighted by molar-refractivity contribution is 0.248. The van der Waals surface area contributed by atoms with Crippen LogP contribution in [0.5, 0.6) is 5.75 Å². The van der Waals surface area contributed by atoms with Crippen LogP contribution in [-0.2, 0) is 10.3 Å². The number of rotatable bonds is 2. The molecule has 86 valence electrons. The van der Waals surface area contributed by atoms with Crippen LogP contribution in [0, 0.1) is 0 Å². The molecule has 1 aromatic carbocycles. The number of phenols is 1. The van der Waals surface area contributed by atoms with Crippen molar-refractivity contribution >= 4 is 27.5 Å². The Morgan fingerprint density at radius 1 is 1.35 bits per heavy atom. The standard InChI is InChI=1S/C13H11NO2S/c15-8-14-13(5-1-6-13)10-2-3-11-9(12(10)16)4-7-17-11/h2-4,7,16H,1,5-6H2. The molecule has 1 N–H and O–H groups in total. The number of carbonyl (C=O) groups excluding carboxylic acids is 1. The zero-order valence-electron chi connectivity index (χ0n) is 9.14. The fourth-order valence-corrected chi connectivity index (χ4v) is 3.23. The minimum Gasteiger partial charge on any atom is -0.507 e. The maximum atomic E-state index is 10.5. The summed E-state index contributed by atoms with van der Waals surface area (Å²) in [5.74, 6) is 0.266. The van der Waals surface area contributed by atoms with Crippen molar-refractivity contribution in [1.82, 2.24) is 0 Å². The molecule has 0 amide bonds. The molecule has 1 fully saturated rings. The topological polar surface area (TPSA) is 49.7 Å². The second-order valence-electron chi connectivity index (χ2n) is 4.38. The Balaban J connectivity index is 2.22. The van der Waals surface area contributed by atoms with Crippen molar-refractivity contribution in [1.29, 1.82) is 0 Å². The quantitative estimate of drug-likeness (QED) is 0.651. The van der Waals surface area contributed by atoms with Gasteiger partial charge in [-0.3, -0.25) is 0 Å². The first-order chi connectivity index (χ1) is 8.27. The smallest absolute Gasteiger partial charge is 0.235 e. The Morgan fingerprint density at radius 3 is 2.82 bits per heavy atom. The molecular formula is C13H11NO2S. The third-order valence-corrected chi connectivity index (χ3v) is 4.43. The molecule has 3 nitrogen and oxygen atoms in total. The van der Waals surface area contributed by atoms with Gasteiger partial charge < -0.3 is 5.11 Å². The summed E-state index contributed by atoms with van der Waals surface area (Å²) in [5.41, 5.74) is 0.236. The maximum absolute atomic E-state index is 10.5. The molecule has 3 rings (SSSR count). The van der Waals surface area contributed by atoms with Gasteiger partial charge in [-0.1, -0.05) is 6.07 Å². The fraction of sp³-hybridized carbons (Fsp3) is 0.308. The summed E-state index contributed by atoms with van der Waals surface area (Å²) in [6, 6.07) is 5.76. The highest BCUT2D eigenvalue weighted by molar-refractivity contribution is 7.17. The highest BCUT2D eigenvalue weighted by atomic mass is 32.1. The van der Waals surface area contributed by atoms with Crippen LogP contribution in [0.25, 0.3) is 10.1 Å². The second-order valence-corrected chi connectivity index (χ2v) is 5.33. The Bertz CT molecular complexity index is 621. The molecule has 0 saturated heterocycles. The molecule has 0 atom stereocenters. The number of hydrogen-bond donors (Lipinski definition) is 1. The molecule has 0 bridgehead atoms. The van der Waals surface area contributed by atoms with E-state index in [1.54, 1.807) is 17.4 Å². The first-order valence-corrected chi connectivity index (χ1v) is 6.43. The fourth-order valence-electron chi connectivity index (χ4n) is 2.44. The normalized spacial score (nSPS) is 17.4. The van der Waals surface area contributed by atoms with E-state index in [2.05, 4.69) is 4.99 Å². The largest absolute Gasteiger partial charge is 0.507 e. The van der Waals surface area contributed by atoms with E-state index in [4.69, 9.17) is 0 Å². The van der Waals surface area contributed by atoms with E-state index in [1.807, 2.05) is 23.6 Å². The van der Waals surface area contributed by atoms with Crippen molar-refractivity contribution in [2.24, 2.45) is 4.99 Å². The molecular weight excluding hydrogens is 234 g/mol. The zero-order valence-corrected chi connectivity index (χ0v) is 9.96. The SMILES string of the molecule is O=C=NC1(c2ccc3sccc3c2O)CCC1. The van der Waals surface area contributed by atoms with Gasteiger partial charge in [0, 0.05) is 15.6 Å². The monoisotopic (exact) mass is 245 g/mol. The van der Waals surface area contributed by atoms with Crippen LogP contribution < -0.4 is 0 Å². The van der Waals surface area contributed by atoms with Crippen LogP contribution in [0.2, 0.25) is 0 Å². The van der Waals surface area contributed by atoms with Gasteiger partial charge in [0.25, 0.3) is 0 Å². The number of nitrogens with zero attached hydrogens (tertiary/aromatic N) is 1. The number of fused-ring (bicyclic) bond motifs is 1. The van der Waals surface area contributed by atoms with Crippen LogP contribution in [-0.4, -0.2) is 11.2 Å². The van der Waals surface area contributed by atoms with Crippen molar-refractivity contribution in [2.45, 2.75) is 24.8 Å². The molecule has 2 aromatic rings. The van der Waals surface area contributed by atoms with Gasteiger partial charge in [-0.15, -0.1) is 11.3 Å². The Morgan fingerprint density at radius 2 is 2.18 bits per heavy atom. The maximum Gasteiger partial charge on any atom is 0.235 e. The Labute approximate surface area is 102 Å². The van der Waals surface area contributed by atoms with Gasteiger partial charge in [0.1, 0.15) is 11.3 Å². The number of aliphatic imine (C=N–C) groups is 1. The minimum atomic E-state index is -0.526. The van der Waals surface area contributed by atoms with Gasteiger partial charge in [-0.25, -0.2) is 4.79 Å². The molecule has 1 heterocycles. The van der Waals surface area contributed by atoms with Crippen molar-refractivity contribution in [3.8, 4) is 5.75 Å². The lowest BCUT2D eigenvalue weighted by Crippen LogP contribution is -2.31. The van der Waals surface area contributed by atoms with Crippen molar-refractivity contribution < 1.29 is 9.90 Å². The first kappa shape index (κ1) is 10.5.